The van der Waals surface area contributed by atoms with Crippen LogP contribution in [0.2, 0.25) is 0 Å². The zero-order chi connectivity index (χ0) is 17.1. The summed E-state index contributed by atoms with van der Waals surface area (Å²) in [6.07, 6.45) is 0.561. The Kier molecular flexibility index (Phi) is 4.55. The molecule has 1 aliphatic heterocycles. The second-order valence-electron chi connectivity index (χ2n) is 5.59. The maximum atomic E-state index is 14.1. The van der Waals surface area contributed by atoms with E-state index in [9.17, 15) is 4.39 Å². The molecule has 24 heavy (non-hydrogen) atoms. The van der Waals surface area contributed by atoms with E-state index in [4.69, 9.17) is 15.2 Å². The molecule has 0 bridgehead atoms. The van der Waals surface area contributed by atoms with Gasteiger partial charge < -0.3 is 20.5 Å². The van der Waals surface area contributed by atoms with E-state index >= 15 is 0 Å². The highest BCUT2D eigenvalue weighted by molar-refractivity contribution is 5.79. The molecular weight excluding hydrogens is 309 g/mol. The van der Waals surface area contributed by atoms with Crippen LogP contribution in [0.3, 0.4) is 0 Å². The highest BCUT2D eigenvalue weighted by Gasteiger charge is 2.28. The molecule has 3 N–H and O–H groups in total. The van der Waals surface area contributed by atoms with Gasteiger partial charge in [-0.15, -0.1) is 0 Å². The standard InChI is InChI=1S/C18H20FN3O2/c1-23-11-7-8-17(24-2)13(9-11)16-10-15(21-18(20)22-16)12-5-3-4-6-14(12)19/h3-9,15-16H,10H2,1-2H3,(H3,20,21,22). The van der Waals surface area contributed by atoms with Crippen LogP contribution in [0.25, 0.3) is 0 Å². The first kappa shape index (κ1) is 16.1. The van der Waals surface area contributed by atoms with Crippen molar-refractivity contribution in [3.63, 3.8) is 0 Å². The summed E-state index contributed by atoms with van der Waals surface area (Å²) in [7, 11) is 3.21. The van der Waals surface area contributed by atoms with Crippen LogP contribution in [0.1, 0.15) is 29.6 Å². The summed E-state index contributed by atoms with van der Waals surface area (Å²) in [6.45, 7) is 0. The molecule has 2 atom stereocenters. The average Bonchev–Trinajstić information content (AvgIpc) is 2.61. The van der Waals surface area contributed by atoms with Gasteiger partial charge in [-0.1, -0.05) is 18.2 Å². The van der Waals surface area contributed by atoms with Crippen LogP contribution in [0.5, 0.6) is 11.5 Å². The molecule has 0 amide bonds. The molecule has 0 radical (unpaired) electrons. The topological polar surface area (TPSA) is 68.9 Å². The molecule has 0 aliphatic carbocycles. The Bertz CT molecular complexity index is 764. The van der Waals surface area contributed by atoms with Crippen molar-refractivity contribution in [1.29, 1.82) is 0 Å². The number of nitrogens with two attached hydrogens (primary N) is 1. The van der Waals surface area contributed by atoms with Crippen molar-refractivity contribution in [2.45, 2.75) is 18.5 Å². The zero-order valence-electron chi connectivity index (χ0n) is 13.6. The Morgan fingerprint density at radius 1 is 1.12 bits per heavy atom. The molecule has 0 aromatic heterocycles. The number of hydrogen-bond acceptors (Lipinski definition) is 5. The molecule has 2 aromatic carbocycles. The van der Waals surface area contributed by atoms with Crippen LogP contribution in [0.4, 0.5) is 4.39 Å². The largest absolute Gasteiger partial charge is 0.497 e. The number of halogens is 1. The Labute approximate surface area is 140 Å². The van der Waals surface area contributed by atoms with Crippen molar-refractivity contribution in [2.75, 3.05) is 14.2 Å². The first-order chi connectivity index (χ1) is 11.6. The predicted octanol–water partition coefficient (Wildman–Crippen LogP) is 2.93. The zero-order valence-corrected chi connectivity index (χ0v) is 13.6. The van der Waals surface area contributed by atoms with Gasteiger partial charge in [0.15, 0.2) is 5.96 Å². The fourth-order valence-corrected chi connectivity index (χ4v) is 2.98. The number of aliphatic imine (C=N–C) groups is 1. The third kappa shape index (κ3) is 3.13. The Morgan fingerprint density at radius 2 is 1.92 bits per heavy atom. The third-order valence-electron chi connectivity index (χ3n) is 4.15. The Morgan fingerprint density at radius 3 is 2.62 bits per heavy atom. The van der Waals surface area contributed by atoms with E-state index < -0.39 is 0 Å². The molecule has 2 unspecified atom stereocenters. The first-order valence-electron chi connectivity index (χ1n) is 7.68. The Hall–Kier alpha value is -2.76. The second-order valence-corrected chi connectivity index (χ2v) is 5.59. The van der Waals surface area contributed by atoms with Crippen molar-refractivity contribution >= 4 is 5.96 Å². The fourth-order valence-electron chi connectivity index (χ4n) is 2.98. The van der Waals surface area contributed by atoms with Gasteiger partial charge in [-0.25, -0.2) is 9.38 Å². The maximum Gasteiger partial charge on any atom is 0.189 e. The quantitative estimate of drug-likeness (QED) is 0.905. The molecule has 3 rings (SSSR count). The summed E-state index contributed by atoms with van der Waals surface area (Å²) >= 11 is 0. The summed E-state index contributed by atoms with van der Waals surface area (Å²) < 4.78 is 24.9. The molecule has 0 spiro atoms. The van der Waals surface area contributed by atoms with Crippen LogP contribution >= 0.6 is 0 Å². The smallest absolute Gasteiger partial charge is 0.189 e. The Balaban J connectivity index is 1.97. The van der Waals surface area contributed by atoms with Crippen molar-refractivity contribution in [1.82, 2.24) is 5.32 Å². The minimum Gasteiger partial charge on any atom is -0.497 e. The van der Waals surface area contributed by atoms with E-state index in [1.54, 1.807) is 26.4 Å². The van der Waals surface area contributed by atoms with Crippen LogP contribution in [-0.2, 0) is 0 Å². The van der Waals surface area contributed by atoms with Crippen LogP contribution in [0, 0.1) is 5.82 Å². The van der Waals surface area contributed by atoms with Crippen molar-refractivity contribution < 1.29 is 13.9 Å². The molecule has 0 saturated carbocycles. The van der Waals surface area contributed by atoms with Crippen LogP contribution in [0.15, 0.2) is 47.5 Å². The van der Waals surface area contributed by atoms with Gasteiger partial charge in [0, 0.05) is 11.1 Å². The molecule has 0 saturated heterocycles. The van der Waals surface area contributed by atoms with Crippen molar-refractivity contribution in [3.8, 4) is 11.5 Å². The van der Waals surface area contributed by atoms with Gasteiger partial charge in [0.1, 0.15) is 17.3 Å². The van der Waals surface area contributed by atoms with Gasteiger partial charge >= 0.3 is 0 Å². The van der Waals surface area contributed by atoms with E-state index in [1.165, 1.54) is 6.07 Å². The van der Waals surface area contributed by atoms with E-state index in [-0.39, 0.29) is 23.9 Å². The van der Waals surface area contributed by atoms with Gasteiger partial charge in [0.2, 0.25) is 0 Å². The summed E-state index contributed by atoms with van der Waals surface area (Å²) in [6, 6.07) is 11.7. The van der Waals surface area contributed by atoms with Gasteiger partial charge in [0.05, 0.1) is 26.3 Å². The van der Waals surface area contributed by atoms with E-state index in [0.717, 1.165) is 5.56 Å². The van der Waals surface area contributed by atoms with E-state index in [2.05, 4.69) is 10.3 Å². The van der Waals surface area contributed by atoms with Gasteiger partial charge in [-0.3, -0.25) is 0 Å². The van der Waals surface area contributed by atoms with Gasteiger partial charge in [-0.05, 0) is 30.7 Å². The van der Waals surface area contributed by atoms with E-state index in [1.807, 2.05) is 24.3 Å². The number of guanidine groups is 1. The normalized spacial score (nSPS) is 20.0. The number of methoxy groups -OCH3 is 2. The molecule has 1 aliphatic rings. The number of hydrogen-bond donors (Lipinski definition) is 2. The van der Waals surface area contributed by atoms with Crippen molar-refractivity contribution in [2.24, 2.45) is 10.7 Å². The number of nitrogens with one attached hydrogen (secondary N) is 1. The number of nitrogens with zero attached hydrogens (tertiary/aromatic N) is 1. The molecule has 0 fully saturated rings. The molecule has 1 heterocycles. The number of rotatable bonds is 4. The second kappa shape index (κ2) is 6.78. The van der Waals surface area contributed by atoms with Gasteiger partial charge in [0.25, 0.3) is 0 Å². The lowest BCUT2D eigenvalue weighted by atomic mass is 9.93. The lowest BCUT2D eigenvalue weighted by Gasteiger charge is -2.29. The monoisotopic (exact) mass is 329 g/mol. The molecule has 126 valence electrons. The van der Waals surface area contributed by atoms with E-state index in [0.29, 0.717) is 23.5 Å². The predicted molar refractivity (Wildman–Crippen MR) is 90.8 cm³/mol. The first-order valence-corrected chi connectivity index (χ1v) is 7.68. The third-order valence-corrected chi connectivity index (χ3v) is 4.15. The molecule has 6 heteroatoms. The van der Waals surface area contributed by atoms with Crippen molar-refractivity contribution in [3.05, 3.63) is 59.4 Å². The minimum absolute atomic E-state index is 0.249. The summed E-state index contributed by atoms with van der Waals surface area (Å²) in [4.78, 5) is 4.47. The fraction of sp³-hybridized carbons (Fsp3) is 0.278. The lowest BCUT2D eigenvalue weighted by Crippen LogP contribution is -2.39. The molecular formula is C18H20FN3O2. The average molecular weight is 329 g/mol. The summed E-state index contributed by atoms with van der Waals surface area (Å²) in [5, 5.41) is 3.05. The number of ether oxygens (including phenoxy) is 2. The van der Waals surface area contributed by atoms with Crippen LogP contribution in [-0.4, -0.2) is 20.2 Å². The molecule has 2 aromatic rings. The SMILES string of the molecule is COc1ccc(OC)c(C2CC(c3ccccc3F)NC(N)=N2)c1. The van der Waals surface area contributed by atoms with Crippen LogP contribution < -0.4 is 20.5 Å². The minimum atomic E-state index is -0.263. The lowest BCUT2D eigenvalue weighted by molar-refractivity contribution is 0.387. The summed E-state index contributed by atoms with van der Waals surface area (Å²) in [5.41, 5.74) is 7.38. The van der Waals surface area contributed by atoms with Gasteiger partial charge in [-0.2, -0.15) is 0 Å². The maximum absolute atomic E-state index is 14.1. The number of benzene rings is 2. The molecule has 5 nitrogen and oxygen atoms in total. The summed E-state index contributed by atoms with van der Waals surface area (Å²) in [5.74, 6) is 1.43. The highest BCUT2D eigenvalue weighted by atomic mass is 19.1. The highest BCUT2D eigenvalue weighted by Crippen LogP contribution is 2.38.